The molecule has 0 amide bonds. The minimum atomic E-state index is 0.429. The summed E-state index contributed by atoms with van der Waals surface area (Å²) in [5.74, 6) is 1.69. The molecule has 0 spiro atoms. The van der Waals surface area contributed by atoms with E-state index in [1.807, 2.05) is 6.20 Å². The lowest BCUT2D eigenvalue weighted by atomic mass is 10.0. The molecule has 2 saturated heterocycles. The summed E-state index contributed by atoms with van der Waals surface area (Å²) in [6, 6.07) is 4.35. The third-order valence-corrected chi connectivity index (χ3v) is 3.80. The Morgan fingerprint density at radius 2 is 2.00 bits per heavy atom. The molecule has 3 nitrogen and oxygen atoms in total. The first kappa shape index (κ1) is 11.0. The van der Waals surface area contributed by atoms with Gasteiger partial charge in [-0.15, -0.1) is 0 Å². The molecule has 3 heterocycles. The lowest BCUT2D eigenvalue weighted by Gasteiger charge is -2.33. The highest BCUT2D eigenvalue weighted by Crippen LogP contribution is 2.29. The van der Waals surface area contributed by atoms with Gasteiger partial charge in [0.2, 0.25) is 0 Å². The SMILES string of the molecule is CC(C)c1ccnc(N2C[C@H]3CC[C@@H](C2)O3)c1. The number of hydrogen-bond acceptors (Lipinski definition) is 3. The van der Waals surface area contributed by atoms with Crippen LogP contribution in [0.2, 0.25) is 0 Å². The van der Waals surface area contributed by atoms with Gasteiger partial charge >= 0.3 is 0 Å². The first-order valence-electron chi connectivity index (χ1n) is 6.59. The van der Waals surface area contributed by atoms with Crippen LogP contribution in [0.1, 0.15) is 38.2 Å². The second-order valence-electron chi connectivity index (χ2n) is 5.46. The van der Waals surface area contributed by atoms with Gasteiger partial charge in [0.05, 0.1) is 12.2 Å². The van der Waals surface area contributed by atoms with Gasteiger partial charge in [-0.3, -0.25) is 0 Å². The Labute approximate surface area is 103 Å². The minimum Gasteiger partial charge on any atom is -0.371 e. The van der Waals surface area contributed by atoms with Crippen molar-refractivity contribution in [1.82, 2.24) is 4.98 Å². The van der Waals surface area contributed by atoms with E-state index in [4.69, 9.17) is 4.74 Å². The molecule has 0 radical (unpaired) electrons. The fourth-order valence-electron chi connectivity index (χ4n) is 2.77. The van der Waals surface area contributed by atoms with E-state index >= 15 is 0 Å². The Morgan fingerprint density at radius 3 is 2.65 bits per heavy atom. The highest BCUT2D eigenvalue weighted by Gasteiger charge is 2.34. The predicted molar refractivity (Wildman–Crippen MR) is 68.4 cm³/mol. The third kappa shape index (κ3) is 2.16. The van der Waals surface area contributed by atoms with Crippen molar-refractivity contribution in [3.8, 4) is 0 Å². The lowest BCUT2D eigenvalue weighted by molar-refractivity contribution is 0.0302. The Morgan fingerprint density at radius 1 is 1.29 bits per heavy atom. The van der Waals surface area contributed by atoms with E-state index in [1.165, 1.54) is 18.4 Å². The van der Waals surface area contributed by atoms with Crippen molar-refractivity contribution in [3.63, 3.8) is 0 Å². The molecule has 0 N–H and O–H groups in total. The molecule has 0 aromatic carbocycles. The summed E-state index contributed by atoms with van der Waals surface area (Å²) in [6.07, 6.45) is 5.22. The van der Waals surface area contributed by atoms with Crippen LogP contribution < -0.4 is 4.90 Å². The molecule has 0 saturated carbocycles. The van der Waals surface area contributed by atoms with Crippen molar-refractivity contribution in [2.45, 2.75) is 44.8 Å². The molecule has 92 valence electrons. The van der Waals surface area contributed by atoms with E-state index in [9.17, 15) is 0 Å². The van der Waals surface area contributed by atoms with Crippen molar-refractivity contribution in [2.75, 3.05) is 18.0 Å². The first-order chi connectivity index (χ1) is 8.22. The van der Waals surface area contributed by atoms with Crippen LogP contribution in [-0.4, -0.2) is 30.3 Å². The van der Waals surface area contributed by atoms with Crippen LogP contribution in [-0.2, 0) is 4.74 Å². The number of nitrogens with zero attached hydrogens (tertiary/aromatic N) is 2. The summed E-state index contributed by atoms with van der Waals surface area (Å²) in [6.45, 7) is 6.46. The zero-order chi connectivity index (χ0) is 11.8. The van der Waals surface area contributed by atoms with E-state index in [0.29, 0.717) is 18.1 Å². The van der Waals surface area contributed by atoms with E-state index in [-0.39, 0.29) is 0 Å². The number of pyridine rings is 1. The van der Waals surface area contributed by atoms with Crippen molar-refractivity contribution < 1.29 is 4.74 Å². The molecule has 2 fully saturated rings. The standard InChI is InChI=1S/C14H20N2O/c1-10(2)11-5-6-15-14(7-11)16-8-12-3-4-13(9-16)17-12/h5-7,10,12-13H,3-4,8-9H2,1-2H3/t12-,13+. The predicted octanol–water partition coefficient (Wildman–Crippen LogP) is 2.57. The zero-order valence-corrected chi connectivity index (χ0v) is 10.6. The van der Waals surface area contributed by atoms with Crippen LogP contribution in [0.15, 0.2) is 18.3 Å². The Bertz CT molecular complexity index is 393. The average Bonchev–Trinajstić information content (AvgIpc) is 2.68. The quantitative estimate of drug-likeness (QED) is 0.783. The zero-order valence-electron chi connectivity index (χ0n) is 10.6. The Kier molecular flexibility index (Phi) is 2.79. The molecule has 17 heavy (non-hydrogen) atoms. The summed E-state index contributed by atoms with van der Waals surface area (Å²) >= 11 is 0. The van der Waals surface area contributed by atoms with Crippen LogP contribution in [0.3, 0.4) is 0 Å². The number of rotatable bonds is 2. The molecule has 2 aliphatic heterocycles. The lowest BCUT2D eigenvalue weighted by Crippen LogP contribution is -2.43. The van der Waals surface area contributed by atoms with Crippen molar-refractivity contribution in [3.05, 3.63) is 23.9 Å². The number of fused-ring (bicyclic) bond motifs is 2. The van der Waals surface area contributed by atoms with E-state index < -0.39 is 0 Å². The number of aromatic nitrogens is 1. The van der Waals surface area contributed by atoms with Crippen LogP contribution in [0.25, 0.3) is 0 Å². The number of anilines is 1. The van der Waals surface area contributed by atoms with Gasteiger partial charge in [0.25, 0.3) is 0 Å². The summed E-state index contributed by atoms with van der Waals surface area (Å²) in [7, 11) is 0. The van der Waals surface area contributed by atoms with Gasteiger partial charge in [0.1, 0.15) is 5.82 Å². The fraction of sp³-hybridized carbons (Fsp3) is 0.643. The Balaban J connectivity index is 1.81. The van der Waals surface area contributed by atoms with Gasteiger partial charge in [-0.25, -0.2) is 4.98 Å². The molecule has 2 aliphatic rings. The maximum absolute atomic E-state index is 5.86. The van der Waals surface area contributed by atoms with Gasteiger partial charge in [-0.2, -0.15) is 0 Å². The molecular weight excluding hydrogens is 212 g/mol. The number of ether oxygens (including phenoxy) is 1. The molecule has 1 aromatic heterocycles. The van der Waals surface area contributed by atoms with Crippen molar-refractivity contribution in [2.24, 2.45) is 0 Å². The summed E-state index contributed by atoms with van der Waals surface area (Å²) in [4.78, 5) is 6.90. The van der Waals surface area contributed by atoms with Gasteiger partial charge in [0, 0.05) is 19.3 Å². The molecule has 3 rings (SSSR count). The smallest absolute Gasteiger partial charge is 0.128 e. The first-order valence-corrected chi connectivity index (χ1v) is 6.59. The second kappa shape index (κ2) is 4.30. The van der Waals surface area contributed by atoms with Crippen molar-refractivity contribution in [1.29, 1.82) is 0 Å². The minimum absolute atomic E-state index is 0.429. The number of hydrogen-bond donors (Lipinski definition) is 0. The third-order valence-electron chi connectivity index (χ3n) is 3.80. The fourth-order valence-corrected chi connectivity index (χ4v) is 2.77. The maximum Gasteiger partial charge on any atom is 0.128 e. The normalized spacial score (nSPS) is 27.8. The van der Waals surface area contributed by atoms with Gasteiger partial charge in [-0.05, 0) is 36.5 Å². The van der Waals surface area contributed by atoms with E-state index in [1.54, 1.807) is 0 Å². The molecule has 3 heteroatoms. The second-order valence-corrected chi connectivity index (χ2v) is 5.46. The summed E-state index contributed by atoms with van der Waals surface area (Å²) < 4.78 is 5.86. The van der Waals surface area contributed by atoms with Crippen LogP contribution >= 0.6 is 0 Å². The van der Waals surface area contributed by atoms with Crippen LogP contribution in [0, 0.1) is 0 Å². The summed E-state index contributed by atoms with van der Waals surface area (Å²) in [5.41, 5.74) is 1.37. The maximum atomic E-state index is 5.86. The molecule has 2 bridgehead atoms. The molecular formula is C14H20N2O. The number of morpholine rings is 1. The molecule has 2 atom stereocenters. The highest BCUT2D eigenvalue weighted by atomic mass is 16.5. The average molecular weight is 232 g/mol. The van der Waals surface area contributed by atoms with Crippen LogP contribution in [0.4, 0.5) is 5.82 Å². The largest absolute Gasteiger partial charge is 0.371 e. The van der Waals surface area contributed by atoms with Gasteiger partial charge in [-0.1, -0.05) is 13.8 Å². The monoisotopic (exact) mass is 232 g/mol. The topological polar surface area (TPSA) is 25.4 Å². The van der Waals surface area contributed by atoms with Gasteiger partial charge in [0.15, 0.2) is 0 Å². The van der Waals surface area contributed by atoms with Crippen molar-refractivity contribution >= 4 is 5.82 Å². The summed E-state index contributed by atoms with van der Waals surface area (Å²) in [5, 5.41) is 0. The molecule has 1 aromatic rings. The van der Waals surface area contributed by atoms with Gasteiger partial charge < -0.3 is 9.64 Å². The molecule has 0 unspecified atom stereocenters. The van der Waals surface area contributed by atoms with E-state index in [0.717, 1.165) is 18.9 Å². The highest BCUT2D eigenvalue weighted by molar-refractivity contribution is 5.43. The molecule has 0 aliphatic carbocycles. The van der Waals surface area contributed by atoms with E-state index in [2.05, 4.69) is 35.9 Å². The van der Waals surface area contributed by atoms with Crippen LogP contribution in [0.5, 0.6) is 0 Å². The Hall–Kier alpha value is -1.09.